The summed E-state index contributed by atoms with van der Waals surface area (Å²) in [5.74, 6) is -2.42. The summed E-state index contributed by atoms with van der Waals surface area (Å²) in [6, 6.07) is 0.860. The van der Waals surface area contributed by atoms with Gasteiger partial charge in [0.25, 0.3) is 5.91 Å². The number of nitrogens with one attached hydrogen (secondary N) is 1. The Hall–Kier alpha value is -1.70. The number of nitro benzene ring substituents is 1. The quantitative estimate of drug-likeness (QED) is 0.648. The average Bonchev–Trinajstić information content (AvgIpc) is 2.38. The normalized spacial score (nSPS) is 12.0. The molecule has 1 aromatic rings. The Morgan fingerprint density at radius 3 is 2.70 bits per heavy atom. The molecule has 0 spiro atoms. The zero-order chi connectivity index (χ0) is 15.3. The van der Waals surface area contributed by atoms with Crippen molar-refractivity contribution < 1.29 is 18.5 Å². The molecule has 1 N–H and O–H groups in total. The molecule has 0 bridgehead atoms. The number of benzene rings is 1. The smallest absolute Gasteiger partial charge is 0.308 e. The van der Waals surface area contributed by atoms with Gasteiger partial charge >= 0.3 is 5.69 Å². The van der Waals surface area contributed by atoms with E-state index in [4.69, 9.17) is 0 Å². The number of hydrogen-bond donors (Lipinski definition) is 1. The molecule has 1 rings (SSSR count). The van der Waals surface area contributed by atoms with Crippen molar-refractivity contribution in [3.05, 3.63) is 39.4 Å². The van der Waals surface area contributed by atoms with E-state index in [0.717, 1.165) is 5.75 Å². The molecule has 0 radical (unpaired) electrons. The van der Waals surface area contributed by atoms with Crippen LogP contribution in [-0.4, -0.2) is 28.9 Å². The standard InChI is InChI=1S/C12H14F2N2O3S/c1-7(3-4-20-2)15-12(17)9-5-8(13)6-10(11(9)14)16(18)19/h5-7H,3-4H2,1-2H3,(H,15,17). The van der Waals surface area contributed by atoms with Crippen LogP contribution < -0.4 is 5.32 Å². The van der Waals surface area contributed by atoms with Crippen molar-refractivity contribution in [2.75, 3.05) is 12.0 Å². The maximum atomic E-state index is 13.8. The summed E-state index contributed by atoms with van der Waals surface area (Å²) in [5, 5.41) is 13.1. The minimum atomic E-state index is -1.33. The number of hydrogen-bond acceptors (Lipinski definition) is 4. The lowest BCUT2D eigenvalue weighted by atomic mass is 10.1. The van der Waals surface area contributed by atoms with Crippen molar-refractivity contribution in [3.8, 4) is 0 Å². The Labute approximate surface area is 118 Å². The van der Waals surface area contributed by atoms with Crippen LogP contribution >= 0.6 is 11.8 Å². The molecule has 1 atom stereocenters. The molecule has 1 aromatic carbocycles. The summed E-state index contributed by atoms with van der Waals surface area (Å²) in [6.45, 7) is 1.72. The zero-order valence-electron chi connectivity index (χ0n) is 11.0. The molecule has 20 heavy (non-hydrogen) atoms. The molecule has 0 aliphatic rings. The van der Waals surface area contributed by atoms with Crippen molar-refractivity contribution in [2.45, 2.75) is 19.4 Å². The monoisotopic (exact) mass is 304 g/mol. The number of halogens is 2. The van der Waals surface area contributed by atoms with E-state index in [9.17, 15) is 23.7 Å². The van der Waals surface area contributed by atoms with Gasteiger partial charge in [0, 0.05) is 6.04 Å². The first kappa shape index (κ1) is 16.4. The molecule has 0 fully saturated rings. The maximum absolute atomic E-state index is 13.8. The summed E-state index contributed by atoms with van der Waals surface area (Å²) in [6.07, 6.45) is 2.57. The summed E-state index contributed by atoms with van der Waals surface area (Å²) < 4.78 is 27.0. The number of thioether (sulfide) groups is 1. The second-order valence-electron chi connectivity index (χ2n) is 4.20. The molecule has 0 aromatic heterocycles. The van der Waals surface area contributed by atoms with Crippen LogP contribution in [0, 0.1) is 21.7 Å². The van der Waals surface area contributed by atoms with Crippen molar-refractivity contribution in [3.63, 3.8) is 0 Å². The Morgan fingerprint density at radius 1 is 1.50 bits per heavy atom. The fraction of sp³-hybridized carbons (Fsp3) is 0.417. The number of nitrogens with zero attached hydrogens (tertiary/aromatic N) is 1. The topological polar surface area (TPSA) is 72.2 Å². The van der Waals surface area contributed by atoms with Crippen LogP contribution in [0.1, 0.15) is 23.7 Å². The average molecular weight is 304 g/mol. The van der Waals surface area contributed by atoms with Gasteiger partial charge in [0.15, 0.2) is 0 Å². The van der Waals surface area contributed by atoms with E-state index in [-0.39, 0.29) is 6.04 Å². The van der Waals surface area contributed by atoms with Gasteiger partial charge in [-0.3, -0.25) is 14.9 Å². The number of carbonyl (C=O) groups excluding carboxylic acids is 1. The highest BCUT2D eigenvalue weighted by atomic mass is 32.2. The van der Waals surface area contributed by atoms with Gasteiger partial charge in [-0.1, -0.05) is 0 Å². The number of carbonyl (C=O) groups is 1. The minimum absolute atomic E-state index is 0.239. The highest BCUT2D eigenvalue weighted by Crippen LogP contribution is 2.22. The third-order valence-corrected chi connectivity index (χ3v) is 3.24. The van der Waals surface area contributed by atoms with E-state index in [2.05, 4.69) is 5.32 Å². The first-order valence-corrected chi connectivity index (χ1v) is 7.19. The van der Waals surface area contributed by atoms with Gasteiger partial charge in [-0.25, -0.2) is 4.39 Å². The van der Waals surface area contributed by atoms with Gasteiger partial charge in [-0.05, 0) is 31.4 Å². The Kier molecular flexibility index (Phi) is 5.87. The molecular formula is C12H14F2N2O3S. The second-order valence-corrected chi connectivity index (χ2v) is 5.19. The zero-order valence-corrected chi connectivity index (χ0v) is 11.8. The van der Waals surface area contributed by atoms with Crippen LogP contribution in [-0.2, 0) is 0 Å². The van der Waals surface area contributed by atoms with Crippen molar-refractivity contribution >= 4 is 23.4 Å². The summed E-state index contributed by atoms with van der Waals surface area (Å²) in [5.41, 5.74) is -1.71. The van der Waals surface area contributed by atoms with E-state index in [1.54, 1.807) is 18.7 Å². The number of rotatable bonds is 6. The molecule has 1 amide bonds. The molecule has 0 aliphatic carbocycles. The van der Waals surface area contributed by atoms with Crippen LogP contribution in [0.2, 0.25) is 0 Å². The summed E-state index contributed by atoms with van der Waals surface area (Å²) in [4.78, 5) is 21.3. The number of nitro groups is 1. The molecule has 0 heterocycles. The fourth-order valence-electron chi connectivity index (χ4n) is 1.54. The molecule has 8 heteroatoms. The first-order chi connectivity index (χ1) is 9.36. The second kappa shape index (κ2) is 7.18. The molecular weight excluding hydrogens is 290 g/mol. The lowest BCUT2D eigenvalue weighted by molar-refractivity contribution is -0.387. The van der Waals surface area contributed by atoms with Gasteiger partial charge in [-0.15, -0.1) is 0 Å². The SMILES string of the molecule is CSCCC(C)NC(=O)c1cc(F)cc([N+](=O)[O-])c1F. The predicted molar refractivity (Wildman–Crippen MR) is 72.9 cm³/mol. The maximum Gasteiger partial charge on any atom is 0.308 e. The molecule has 5 nitrogen and oxygen atoms in total. The molecule has 0 saturated heterocycles. The highest BCUT2D eigenvalue weighted by molar-refractivity contribution is 7.98. The van der Waals surface area contributed by atoms with Crippen molar-refractivity contribution in [1.82, 2.24) is 5.32 Å². The summed E-state index contributed by atoms with van der Waals surface area (Å²) in [7, 11) is 0. The third-order valence-electron chi connectivity index (χ3n) is 2.59. The fourth-order valence-corrected chi connectivity index (χ4v) is 2.13. The van der Waals surface area contributed by atoms with Gasteiger partial charge in [0.05, 0.1) is 16.6 Å². The van der Waals surface area contributed by atoms with Gasteiger partial charge in [0.2, 0.25) is 5.82 Å². The molecule has 0 saturated carbocycles. The van der Waals surface area contributed by atoms with E-state index < -0.39 is 33.7 Å². The van der Waals surface area contributed by atoms with Crippen LogP contribution in [0.3, 0.4) is 0 Å². The summed E-state index contributed by atoms with van der Waals surface area (Å²) >= 11 is 1.59. The Morgan fingerprint density at radius 2 is 2.15 bits per heavy atom. The van der Waals surface area contributed by atoms with Crippen LogP contribution in [0.25, 0.3) is 0 Å². The van der Waals surface area contributed by atoms with Crippen LogP contribution in [0.4, 0.5) is 14.5 Å². The van der Waals surface area contributed by atoms with Gasteiger partial charge < -0.3 is 5.32 Å². The minimum Gasteiger partial charge on any atom is -0.349 e. The lowest BCUT2D eigenvalue weighted by Gasteiger charge is -2.13. The van der Waals surface area contributed by atoms with Gasteiger partial charge in [-0.2, -0.15) is 16.2 Å². The van der Waals surface area contributed by atoms with Crippen molar-refractivity contribution in [2.24, 2.45) is 0 Å². The third kappa shape index (κ3) is 4.16. The van der Waals surface area contributed by atoms with Crippen LogP contribution in [0.15, 0.2) is 12.1 Å². The lowest BCUT2D eigenvalue weighted by Crippen LogP contribution is -2.33. The molecule has 0 aliphatic heterocycles. The largest absolute Gasteiger partial charge is 0.349 e. The van der Waals surface area contributed by atoms with Gasteiger partial charge in [0.1, 0.15) is 5.82 Å². The van der Waals surface area contributed by atoms with E-state index in [1.165, 1.54) is 0 Å². The van der Waals surface area contributed by atoms with E-state index >= 15 is 0 Å². The predicted octanol–water partition coefficient (Wildman–Crippen LogP) is 2.74. The Balaban J connectivity index is 2.96. The molecule has 1 unspecified atom stereocenters. The van der Waals surface area contributed by atoms with Crippen molar-refractivity contribution in [1.29, 1.82) is 0 Å². The first-order valence-electron chi connectivity index (χ1n) is 5.80. The number of amides is 1. The van der Waals surface area contributed by atoms with E-state index in [0.29, 0.717) is 18.6 Å². The van der Waals surface area contributed by atoms with E-state index in [1.807, 2.05) is 6.26 Å². The Bertz CT molecular complexity index is 526. The van der Waals surface area contributed by atoms with Crippen LogP contribution in [0.5, 0.6) is 0 Å². The molecule has 110 valence electrons. The highest BCUT2D eigenvalue weighted by Gasteiger charge is 2.24.